The summed E-state index contributed by atoms with van der Waals surface area (Å²) < 4.78 is 12.2. The number of para-hydroxylation sites is 1. The molecule has 1 N–H and O–H groups in total. The molecule has 2 aliphatic heterocycles. The fraction of sp³-hybridized carbons (Fsp3) is 0.609. The summed E-state index contributed by atoms with van der Waals surface area (Å²) in [7, 11) is 0. The van der Waals surface area contributed by atoms with Crippen LogP contribution in [0.3, 0.4) is 0 Å². The number of benzene rings is 1. The van der Waals surface area contributed by atoms with Crippen molar-refractivity contribution in [1.82, 2.24) is 10.2 Å². The molecule has 1 spiro atoms. The minimum absolute atomic E-state index is 0.00256. The molecule has 2 heterocycles. The van der Waals surface area contributed by atoms with Gasteiger partial charge in [0.15, 0.2) is 0 Å². The van der Waals surface area contributed by atoms with Gasteiger partial charge in [-0.05, 0) is 31.7 Å². The summed E-state index contributed by atoms with van der Waals surface area (Å²) in [6.45, 7) is 11.7. The van der Waals surface area contributed by atoms with Crippen LogP contribution >= 0.6 is 0 Å². The van der Waals surface area contributed by atoms with Gasteiger partial charge in [-0.2, -0.15) is 0 Å². The molecular weight excluding hydrogens is 352 g/mol. The summed E-state index contributed by atoms with van der Waals surface area (Å²) in [6.07, 6.45) is 6.17. The number of carbonyl (C=O) groups is 1. The fourth-order valence-electron chi connectivity index (χ4n) is 4.11. The number of nitrogens with one attached hydrogen (secondary N) is 1. The van der Waals surface area contributed by atoms with Crippen molar-refractivity contribution in [3.05, 3.63) is 42.5 Å². The molecule has 1 amide bonds. The number of likely N-dealkylation sites (tertiary alicyclic amines) is 1. The molecule has 0 saturated carbocycles. The highest BCUT2D eigenvalue weighted by atomic mass is 16.5. The van der Waals surface area contributed by atoms with Crippen molar-refractivity contribution in [1.29, 1.82) is 0 Å². The van der Waals surface area contributed by atoms with Gasteiger partial charge < -0.3 is 14.8 Å². The van der Waals surface area contributed by atoms with E-state index in [2.05, 4.69) is 28.9 Å². The van der Waals surface area contributed by atoms with Crippen molar-refractivity contribution < 1.29 is 14.3 Å². The van der Waals surface area contributed by atoms with E-state index in [0.29, 0.717) is 13.2 Å². The number of rotatable bonds is 8. The summed E-state index contributed by atoms with van der Waals surface area (Å²) in [5.41, 5.74) is 1.23. The second-order valence-electron chi connectivity index (χ2n) is 8.34. The van der Waals surface area contributed by atoms with Crippen molar-refractivity contribution in [3.63, 3.8) is 0 Å². The van der Waals surface area contributed by atoms with Gasteiger partial charge in [-0.3, -0.25) is 9.69 Å². The normalized spacial score (nSPS) is 21.8. The summed E-state index contributed by atoms with van der Waals surface area (Å²) in [4.78, 5) is 14.3. The largest absolute Gasteiger partial charge is 0.489 e. The average molecular weight is 387 g/mol. The maximum absolute atomic E-state index is 11.8. The summed E-state index contributed by atoms with van der Waals surface area (Å²) in [5.74, 6) is 1.08. The number of piperidine rings is 1. The summed E-state index contributed by atoms with van der Waals surface area (Å²) in [6, 6.07) is 8.25. The van der Waals surface area contributed by atoms with Crippen LogP contribution in [0.1, 0.15) is 45.1 Å². The van der Waals surface area contributed by atoms with Crippen LogP contribution in [-0.2, 0) is 16.1 Å². The van der Waals surface area contributed by atoms with Gasteiger partial charge in [0.1, 0.15) is 12.4 Å². The number of nitrogens with zero attached hydrogens (tertiary/aromatic N) is 1. The highest BCUT2D eigenvalue weighted by Crippen LogP contribution is 2.39. The third kappa shape index (κ3) is 5.36. The van der Waals surface area contributed by atoms with Crippen molar-refractivity contribution in [2.45, 2.75) is 57.8 Å². The third-order valence-electron chi connectivity index (χ3n) is 5.86. The van der Waals surface area contributed by atoms with Crippen molar-refractivity contribution in [2.24, 2.45) is 5.92 Å². The monoisotopic (exact) mass is 386 g/mol. The predicted molar refractivity (Wildman–Crippen MR) is 111 cm³/mol. The molecule has 2 aliphatic rings. The van der Waals surface area contributed by atoms with Crippen LogP contribution in [0.25, 0.3) is 0 Å². The van der Waals surface area contributed by atoms with E-state index < -0.39 is 0 Å². The van der Waals surface area contributed by atoms with Crippen molar-refractivity contribution in [2.75, 3.05) is 26.2 Å². The second-order valence-corrected chi connectivity index (χ2v) is 8.34. The molecule has 28 heavy (non-hydrogen) atoms. The average Bonchev–Trinajstić information content (AvgIpc) is 3.10. The molecule has 5 nitrogen and oxygen atoms in total. The van der Waals surface area contributed by atoms with Gasteiger partial charge in [0.2, 0.25) is 5.91 Å². The summed E-state index contributed by atoms with van der Waals surface area (Å²) >= 11 is 0. The standard InChI is InChI=1S/C23H34N2O3/c1-4-15-27-21-8-6-5-7-19(21)17-25-13-11-23(12-14-25)10-9-20(28-23)16-24-22(26)18(2)3/h4-8,18,20H,1,9-17H2,2-3H3,(H,24,26)/t20-/m1/s1. The van der Waals surface area contributed by atoms with E-state index in [9.17, 15) is 4.79 Å². The van der Waals surface area contributed by atoms with Gasteiger partial charge in [0.05, 0.1) is 11.7 Å². The Morgan fingerprint density at radius 1 is 1.36 bits per heavy atom. The van der Waals surface area contributed by atoms with Gasteiger partial charge in [0, 0.05) is 37.7 Å². The Hall–Kier alpha value is -1.85. The molecule has 0 unspecified atom stereocenters. The van der Waals surface area contributed by atoms with Gasteiger partial charge in [-0.1, -0.05) is 44.7 Å². The molecular formula is C23H34N2O3. The molecule has 0 aromatic heterocycles. The third-order valence-corrected chi connectivity index (χ3v) is 5.86. The molecule has 1 aromatic rings. The first kappa shape index (κ1) is 20.9. The lowest BCUT2D eigenvalue weighted by atomic mass is 9.88. The molecule has 154 valence electrons. The Kier molecular flexibility index (Phi) is 7.13. The molecule has 0 bridgehead atoms. The highest BCUT2D eigenvalue weighted by molar-refractivity contribution is 5.77. The van der Waals surface area contributed by atoms with E-state index in [4.69, 9.17) is 9.47 Å². The van der Waals surface area contributed by atoms with E-state index in [1.165, 1.54) is 5.56 Å². The minimum Gasteiger partial charge on any atom is -0.489 e. The van der Waals surface area contributed by atoms with Crippen LogP contribution in [0.2, 0.25) is 0 Å². The quantitative estimate of drug-likeness (QED) is 0.695. The lowest BCUT2D eigenvalue weighted by molar-refractivity contribution is -0.125. The van der Waals surface area contributed by atoms with Gasteiger partial charge in [0.25, 0.3) is 0 Å². The first-order valence-corrected chi connectivity index (χ1v) is 10.5. The Bertz CT molecular complexity index is 666. The maximum atomic E-state index is 11.8. The molecule has 1 atom stereocenters. The first-order valence-electron chi connectivity index (χ1n) is 10.5. The summed E-state index contributed by atoms with van der Waals surface area (Å²) in [5, 5.41) is 3.02. The number of carbonyl (C=O) groups excluding carboxylic acids is 1. The Morgan fingerprint density at radius 3 is 2.82 bits per heavy atom. The number of ether oxygens (including phenoxy) is 2. The Labute approximate surface area is 169 Å². The van der Waals surface area contributed by atoms with Gasteiger partial charge in [-0.25, -0.2) is 0 Å². The van der Waals surface area contributed by atoms with Gasteiger partial charge >= 0.3 is 0 Å². The lowest BCUT2D eigenvalue weighted by Gasteiger charge is -2.39. The first-order chi connectivity index (χ1) is 13.5. The van der Waals surface area contributed by atoms with E-state index in [0.717, 1.165) is 51.1 Å². The van der Waals surface area contributed by atoms with Crippen LogP contribution in [0, 0.1) is 5.92 Å². The Morgan fingerprint density at radius 2 is 2.11 bits per heavy atom. The van der Waals surface area contributed by atoms with Crippen LogP contribution in [0.5, 0.6) is 5.75 Å². The van der Waals surface area contributed by atoms with E-state index in [1.807, 2.05) is 26.0 Å². The zero-order valence-corrected chi connectivity index (χ0v) is 17.3. The molecule has 2 saturated heterocycles. The lowest BCUT2D eigenvalue weighted by Crippen LogP contribution is -2.45. The second kappa shape index (κ2) is 9.57. The van der Waals surface area contributed by atoms with E-state index >= 15 is 0 Å². The predicted octanol–water partition coefficient (Wildman–Crippen LogP) is 3.54. The zero-order valence-electron chi connectivity index (χ0n) is 17.3. The minimum atomic E-state index is 0.00256. The van der Waals surface area contributed by atoms with Crippen LogP contribution < -0.4 is 10.1 Å². The molecule has 3 rings (SSSR count). The van der Waals surface area contributed by atoms with Crippen LogP contribution in [0.15, 0.2) is 36.9 Å². The van der Waals surface area contributed by atoms with Crippen molar-refractivity contribution >= 4 is 5.91 Å². The Balaban J connectivity index is 1.47. The highest BCUT2D eigenvalue weighted by Gasteiger charge is 2.42. The number of hydrogen-bond acceptors (Lipinski definition) is 4. The smallest absolute Gasteiger partial charge is 0.222 e. The van der Waals surface area contributed by atoms with E-state index in [1.54, 1.807) is 6.08 Å². The fourth-order valence-corrected chi connectivity index (χ4v) is 4.11. The van der Waals surface area contributed by atoms with Crippen LogP contribution in [-0.4, -0.2) is 48.8 Å². The maximum Gasteiger partial charge on any atom is 0.222 e. The molecule has 0 radical (unpaired) electrons. The van der Waals surface area contributed by atoms with E-state index in [-0.39, 0.29) is 23.5 Å². The topological polar surface area (TPSA) is 50.8 Å². The molecule has 1 aromatic carbocycles. The SMILES string of the molecule is C=CCOc1ccccc1CN1CCC2(CC[C@H](CNC(=O)C(C)C)O2)CC1. The number of hydrogen-bond donors (Lipinski definition) is 1. The van der Waals surface area contributed by atoms with Crippen LogP contribution in [0.4, 0.5) is 0 Å². The number of amides is 1. The van der Waals surface area contributed by atoms with Crippen molar-refractivity contribution in [3.8, 4) is 5.75 Å². The molecule has 0 aliphatic carbocycles. The zero-order chi connectivity index (χ0) is 20.0. The van der Waals surface area contributed by atoms with Gasteiger partial charge in [-0.15, -0.1) is 0 Å². The molecule has 2 fully saturated rings. The molecule has 5 heteroatoms.